The number of hydrogen-bond donors (Lipinski definition) is 2. The van der Waals surface area contributed by atoms with Crippen molar-refractivity contribution in [2.75, 3.05) is 20.3 Å². The van der Waals surface area contributed by atoms with Crippen LogP contribution in [0, 0.1) is 0 Å². The molecule has 1 fully saturated rings. The van der Waals surface area contributed by atoms with E-state index in [9.17, 15) is 5.11 Å². The van der Waals surface area contributed by atoms with E-state index in [-0.39, 0.29) is 6.10 Å². The van der Waals surface area contributed by atoms with Gasteiger partial charge in [-0.3, -0.25) is 0 Å². The smallest absolute Gasteiger partial charge is 0.0693 e. The molecule has 0 aromatic rings. The third-order valence-electron chi connectivity index (χ3n) is 2.19. The first-order valence-corrected chi connectivity index (χ1v) is 4.25. The van der Waals surface area contributed by atoms with E-state index in [1.54, 1.807) is 7.11 Å². The van der Waals surface area contributed by atoms with Crippen LogP contribution in [0.1, 0.15) is 19.3 Å². The predicted octanol–water partition coefficient (Wildman–Crippen LogP) is 0.136. The summed E-state index contributed by atoms with van der Waals surface area (Å²) >= 11 is 0. The normalized spacial score (nSPS) is 31.1. The lowest BCUT2D eigenvalue weighted by molar-refractivity contribution is 0.138. The largest absolute Gasteiger partial charge is 0.392 e. The standard InChI is InChI=1S/C8H17NO2/c1-11-6-5-9-7-3-2-4-8(7)10/h7-10H,2-6H2,1H3/t7-,8-/m1/s1. The SMILES string of the molecule is COCCN[C@@H]1CCC[C@H]1O. The first-order valence-electron chi connectivity index (χ1n) is 4.25. The quantitative estimate of drug-likeness (QED) is 0.573. The average Bonchev–Trinajstić information content (AvgIpc) is 2.37. The topological polar surface area (TPSA) is 41.5 Å². The molecule has 0 aliphatic heterocycles. The zero-order valence-electron chi connectivity index (χ0n) is 7.05. The zero-order valence-corrected chi connectivity index (χ0v) is 7.05. The van der Waals surface area contributed by atoms with Crippen LogP contribution in [0.25, 0.3) is 0 Å². The second kappa shape index (κ2) is 4.70. The second-order valence-electron chi connectivity index (χ2n) is 3.05. The Morgan fingerprint density at radius 2 is 2.36 bits per heavy atom. The van der Waals surface area contributed by atoms with Crippen molar-refractivity contribution in [1.29, 1.82) is 0 Å². The van der Waals surface area contributed by atoms with Gasteiger partial charge in [0, 0.05) is 19.7 Å². The number of hydrogen-bond acceptors (Lipinski definition) is 3. The molecule has 0 radical (unpaired) electrons. The highest BCUT2D eigenvalue weighted by Gasteiger charge is 2.23. The van der Waals surface area contributed by atoms with Crippen molar-refractivity contribution in [2.45, 2.75) is 31.4 Å². The highest BCUT2D eigenvalue weighted by atomic mass is 16.5. The van der Waals surface area contributed by atoms with Crippen molar-refractivity contribution in [3.8, 4) is 0 Å². The molecule has 0 bridgehead atoms. The van der Waals surface area contributed by atoms with Gasteiger partial charge in [0.1, 0.15) is 0 Å². The molecule has 1 saturated carbocycles. The molecule has 0 unspecified atom stereocenters. The van der Waals surface area contributed by atoms with Crippen LogP contribution in [0.15, 0.2) is 0 Å². The molecule has 3 nitrogen and oxygen atoms in total. The molecule has 66 valence electrons. The number of aliphatic hydroxyl groups excluding tert-OH is 1. The average molecular weight is 159 g/mol. The Hall–Kier alpha value is -0.120. The molecule has 1 aliphatic carbocycles. The molecule has 0 aromatic heterocycles. The van der Waals surface area contributed by atoms with E-state index in [0.29, 0.717) is 6.04 Å². The maximum Gasteiger partial charge on any atom is 0.0693 e. The van der Waals surface area contributed by atoms with Gasteiger partial charge in [-0.05, 0) is 19.3 Å². The van der Waals surface area contributed by atoms with Crippen LogP contribution >= 0.6 is 0 Å². The van der Waals surface area contributed by atoms with E-state index in [0.717, 1.165) is 32.4 Å². The summed E-state index contributed by atoms with van der Waals surface area (Å²) in [4.78, 5) is 0. The van der Waals surface area contributed by atoms with Crippen molar-refractivity contribution >= 4 is 0 Å². The number of aliphatic hydroxyl groups is 1. The summed E-state index contributed by atoms with van der Waals surface area (Å²) in [6.07, 6.45) is 3.06. The minimum absolute atomic E-state index is 0.133. The van der Waals surface area contributed by atoms with Gasteiger partial charge in [0.15, 0.2) is 0 Å². The van der Waals surface area contributed by atoms with Gasteiger partial charge in [0.2, 0.25) is 0 Å². The molecular weight excluding hydrogens is 142 g/mol. The van der Waals surface area contributed by atoms with E-state index in [4.69, 9.17) is 4.74 Å². The highest BCUT2D eigenvalue weighted by molar-refractivity contribution is 4.82. The van der Waals surface area contributed by atoms with Gasteiger partial charge < -0.3 is 15.2 Å². The molecule has 3 heteroatoms. The fourth-order valence-electron chi connectivity index (χ4n) is 1.52. The van der Waals surface area contributed by atoms with Crippen LogP contribution in [0.3, 0.4) is 0 Å². The van der Waals surface area contributed by atoms with Crippen LogP contribution in [0.5, 0.6) is 0 Å². The Bertz CT molecular complexity index is 108. The Morgan fingerprint density at radius 3 is 2.91 bits per heavy atom. The molecule has 2 atom stereocenters. The molecule has 11 heavy (non-hydrogen) atoms. The van der Waals surface area contributed by atoms with Crippen molar-refractivity contribution in [1.82, 2.24) is 5.32 Å². The molecule has 1 rings (SSSR count). The summed E-state index contributed by atoms with van der Waals surface area (Å²) in [5.41, 5.74) is 0. The van der Waals surface area contributed by atoms with E-state index >= 15 is 0 Å². The predicted molar refractivity (Wildman–Crippen MR) is 43.5 cm³/mol. The minimum Gasteiger partial charge on any atom is -0.392 e. The van der Waals surface area contributed by atoms with Gasteiger partial charge in [-0.1, -0.05) is 0 Å². The van der Waals surface area contributed by atoms with Gasteiger partial charge >= 0.3 is 0 Å². The van der Waals surface area contributed by atoms with Crippen LogP contribution in [-0.4, -0.2) is 37.5 Å². The van der Waals surface area contributed by atoms with Crippen LogP contribution in [-0.2, 0) is 4.74 Å². The highest BCUT2D eigenvalue weighted by Crippen LogP contribution is 2.18. The number of rotatable bonds is 4. The fraction of sp³-hybridized carbons (Fsp3) is 1.00. The van der Waals surface area contributed by atoms with Crippen molar-refractivity contribution in [3.05, 3.63) is 0 Å². The third kappa shape index (κ3) is 2.77. The summed E-state index contributed by atoms with van der Waals surface area (Å²) in [6, 6.07) is 0.310. The van der Waals surface area contributed by atoms with Gasteiger partial charge in [-0.25, -0.2) is 0 Å². The lowest BCUT2D eigenvalue weighted by Crippen LogP contribution is -2.37. The monoisotopic (exact) mass is 159 g/mol. The van der Waals surface area contributed by atoms with Crippen molar-refractivity contribution in [3.63, 3.8) is 0 Å². The Kier molecular flexibility index (Phi) is 3.83. The van der Waals surface area contributed by atoms with Gasteiger partial charge in [0.25, 0.3) is 0 Å². The first-order chi connectivity index (χ1) is 5.34. The number of methoxy groups -OCH3 is 1. The summed E-state index contributed by atoms with van der Waals surface area (Å²) < 4.78 is 4.89. The number of ether oxygens (including phenoxy) is 1. The molecule has 0 saturated heterocycles. The first kappa shape index (κ1) is 8.97. The fourth-order valence-corrected chi connectivity index (χ4v) is 1.52. The maximum atomic E-state index is 9.38. The molecule has 0 spiro atoms. The summed E-state index contributed by atoms with van der Waals surface area (Å²) in [5.74, 6) is 0. The zero-order chi connectivity index (χ0) is 8.10. The van der Waals surface area contributed by atoms with Crippen LogP contribution < -0.4 is 5.32 Å². The van der Waals surface area contributed by atoms with Gasteiger partial charge in [-0.15, -0.1) is 0 Å². The molecule has 0 amide bonds. The van der Waals surface area contributed by atoms with Crippen molar-refractivity contribution in [2.24, 2.45) is 0 Å². The van der Waals surface area contributed by atoms with E-state index in [2.05, 4.69) is 5.32 Å². The second-order valence-corrected chi connectivity index (χ2v) is 3.05. The minimum atomic E-state index is -0.133. The maximum absolute atomic E-state index is 9.38. The van der Waals surface area contributed by atoms with Crippen molar-refractivity contribution < 1.29 is 9.84 Å². The van der Waals surface area contributed by atoms with E-state index in [1.165, 1.54) is 0 Å². The molecule has 0 aromatic carbocycles. The summed E-state index contributed by atoms with van der Waals surface area (Å²) in [6.45, 7) is 1.57. The molecular formula is C8H17NO2. The van der Waals surface area contributed by atoms with Crippen LogP contribution in [0.4, 0.5) is 0 Å². The Balaban J connectivity index is 2.05. The molecule has 1 aliphatic rings. The third-order valence-corrected chi connectivity index (χ3v) is 2.19. The van der Waals surface area contributed by atoms with Gasteiger partial charge in [-0.2, -0.15) is 0 Å². The lowest BCUT2D eigenvalue weighted by atomic mass is 10.2. The summed E-state index contributed by atoms with van der Waals surface area (Å²) in [5, 5.41) is 12.6. The summed E-state index contributed by atoms with van der Waals surface area (Å²) in [7, 11) is 1.69. The Labute approximate surface area is 67.7 Å². The van der Waals surface area contributed by atoms with Gasteiger partial charge in [0.05, 0.1) is 12.7 Å². The lowest BCUT2D eigenvalue weighted by Gasteiger charge is -2.15. The van der Waals surface area contributed by atoms with E-state index < -0.39 is 0 Å². The number of nitrogens with one attached hydrogen (secondary N) is 1. The molecule has 0 heterocycles. The van der Waals surface area contributed by atoms with E-state index in [1.807, 2.05) is 0 Å². The molecule has 2 N–H and O–H groups in total. The van der Waals surface area contributed by atoms with Crippen LogP contribution in [0.2, 0.25) is 0 Å². The Morgan fingerprint density at radius 1 is 1.55 bits per heavy atom.